The largest absolute Gasteiger partial charge is 0.235 e. The van der Waals surface area contributed by atoms with E-state index in [9.17, 15) is 0 Å². The summed E-state index contributed by atoms with van der Waals surface area (Å²) in [6, 6.07) is 0. The summed E-state index contributed by atoms with van der Waals surface area (Å²) >= 11 is 0. The fourth-order valence-electron chi connectivity index (χ4n) is 2.22. The van der Waals surface area contributed by atoms with E-state index in [1.165, 1.54) is 32.1 Å². The van der Waals surface area contributed by atoms with E-state index in [0.717, 1.165) is 23.9 Å². The van der Waals surface area contributed by atoms with Crippen molar-refractivity contribution in [2.24, 2.45) is 5.92 Å². The minimum absolute atomic E-state index is 0.790. The molecule has 0 N–H and O–H groups in total. The fourth-order valence-corrected chi connectivity index (χ4v) is 2.22. The lowest BCUT2D eigenvalue weighted by atomic mass is 9.86. The van der Waals surface area contributed by atoms with Gasteiger partial charge in [0.1, 0.15) is 5.82 Å². The van der Waals surface area contributed by atoms with Crippen molar-refractivity contribution in [1.29, 1.82) is 0 Å². The van der Waals surface area contributed by atoms with Crippen LogP contribution in [0.15, 0.2) is 6.20 Å². The van der Waals surface area contributed by atoms with E-state index in [0.29, 0.717) is 0 Å². The molecule has 0 aromatic carbocycles. The van der Waals surface area contributed by atoms with Crippen LogP contribution in [0.4, 0.5) is 0 Å². The molecule has 76 valence electrons. The molecule has 3 heteroatoms. The molecule has 0 spiro atoms. The SMILES string of the molecule is Cc1nncc(CC2CCCCC2)n1. The van der Waals surface area contributed by atoms with Crippen molar-refractivity contribution in [2.75, 3.05) is 0 Å². The molecule has 0 aliphatic heterocycles. The van der Waals surface area contributed by atoms with Crippen molar-refractivity contribution in [3.8, 4) is 0 Å². The Morgan fingerprint density at radius 3 is 2.79 bits per heavy atom. The topological polar surface area (TPSA) is 38.7 Å². The third-order valence-corrected chi connectivity index (χ3v) is 2.94. The molecule has 1 aliphatic rings. The van der Waals surface area contributed by atoms with Crippen molar-refractivity contribution in [1.82, 2.24) is 15.2 Å². The van der Waals surface area contributed by atoms with Gasteiger partial charge in [-0.15, -0.1) is 5.10 Å². The summed E-state index contributed by atoms with van der Waals surface area (Å²) in [6.07, 6.45) is 9.83. The molecule has 14 heavy (non-hydrogen) atoms. The highest BCUT2D eigenvalue weighted by atomic mass is 15.1. The first-order chi connectivity index (χ1) is 6.84. The maximum Gasteiger partial charge on any atom is 0.148 e. The Balaban J connectivity index is 1.95. The molecule has 2 rings (SSSR count). The fraction of sp³-hybridized carbons (Fsp3) is 0.727. The molecule has 1 aliphatic carbocycles. The minimum atomic E-state index is 0.790. The van der Waals surface area contributed by atoms with Crippen LogP contribution in [0.5, 0.6) is 0 Å². The number of hydrogen-bond donors (Lipinski definition) is 0. The van der Waals surface area contributed by atoms with Crippen LogP contribution in [0.3, 0.4) is 0 Å². The van der Waals surface area contributed by atoms with Crippen LogP contribution in [0, 0.1) is 12.8 Å². The Morgan fingerprint density at radius 2 is 2.07 bits per heavy atom. The Hall–Kier alpha value is -0.990. The van der Waals surface area contributed by atoms with Gasteiger partial charge in [-0.1, -0.05) is 32.1 Å². The molecule has 3 nitrogen and oxygen atoms in total. The van der Waals surface area contributed by atoms with Crippen LogP contribution in [0.1, 0.15) is 43.6 Å². The molecular weight excluding hydrogens is 174 g/mol. The monoisotopic (exact) mass is 191 g/mol. The Bertz CT molecular complexity index is 292. The predicted octanol–water partition coefficient (Wildman–Crippen LogP) is 2.30. The normalized spacial score (nSPS) is 18.4. The van der Waals surface area contributed by atoms with Crippen LogP contribution in [0.25, 0.3) is 0 Å². The predicted molar refractivity (Wildman–Crippen MR) is 54.8 cm³/mol. The molecular formula is C11H17N3. The molecule has 0 unspecified atom stereocenters. The minimum Gasteiger partial charge on any atom is -0.235 e. The maximum absolute atomic E-state index is 4.39. The Morgan fingerprint density at radius 1 is 1.29 bits per heavy atom. The molecule has 1 heterocycles. The van der Waals surface area contributed by atoms with Crippen molar-refractivity contribution >= 4 is 0 Å². The first kappa shape index (κ1) is 9.56. The van der Waals surface area contributed by atoms with Gasteiger partial charge < -0.3 is 0 Å². The van der Waals surface area contributed by atoms with Gasteiger partial charge in [-0.25, -0.2) is 4.98 Å². The van der Waals surface area contributed by atoms with E-state index < -0.39 is 0 Å². The Kier molecular flexibility index (Phi) is 3.07. The van der Waals surface area contributed by atoms with Crippen molar-refractivity contribution in [3.63, 3.8) is 0 Å². The van der Waals surface area contributed by atoms with Gasteiger partial charge in [-0.3, -0.25) is 0 Å². The average Bonchev–Trinajstić information content (AvgIpc) is 2.19. The zero-order valence-electron chi connectivity index (χ0n) is 8.74. The number of hydrogen-bond acceptors (Lipinski definition) is 3. The standard InChI is InChI=1S/C11H17N3/c1-9-13-11(8-12-14-9)7-10-5-3-2-4-6-10/h8,10H,2-7H2,1H3. The van der Waals surface area contributed by atoms with Gasteiger partial charge in [0.15, 0.2) is 0 Å². The van der Waals surface area contributed by atoms with Crippen LogP contribution in [0.2, 0.25) is 0 Å². The smallest absolute Gasteiger partial charge is 0.148 e. The van der Waals surface area contributed by atoms with Crippen molar-refractivity contribution in [2.45, 2.75) is 45.4 Å². The third-order valence-electron chi connectivity index (χ3n) is 2.94. The average molecular weight is 191 g/mol. The molecule has 0 atom stereocenters. The van der Waals surface area contributed by atoms with E-state index in [1.54, 1.807) is 0 Å². The zero-order chi connectivity index (χ0) is 9.80. The van der Waals surface area contributed by atoms with Crippen LogP contribution in [-0.2, 0) is 6.42 Å². The highest BCUT2D eigenvalue weighted by Gasteiger charge is 2.14. The molecule has 0 radical (unpaired) electrons. The molecule has 0 saturated heterocycles. The molecule has 0 amide bonds. The summed E-state index contributed by atoms with van der Waals surface area (Å²) in [5, 5.41) is 7.81. The lowest BCUT2D eigenvalue weighted by Gasteiger charge is -2.20. The van der Waals surface area contributed by atoms with Crippen molar-refractivity contribution < 1.29 is 0 Å². The van der Waals surface area contributed by atoms with Crippen molar-refractivity contribution in [3.05, 3.63) is 17.7 Å². The lowest BCUT2D eigenvalue weighted by Crippen LogP contribution is -2.11. The van der Waals surface area contributed by atoms with Crippen LogP contribution >= 0.6 is 0 Å². The summed E-state index contributed by atoms with van der Waals surface area (Å²) < 4.78 is 0. The van der Waals surface area contributed by atoms with Gasteiger partial charge in [-0.2, -0.15) is 5.10 Å². The molecule has 1 fully saturated rings. The highest BCUT2D eigenvalue weighted by molar-refractivity contribution is 4.97. The van der Waals surface area contributed by atoms with Gasteiger partial charge >= 0.3 is 0 Å². The van der Waals surface area contributed by atoms with Gasteiger partial charge in [0.05, 0.1) is 11.9 Å². The van der Waals surface area contributed by atoms with E-state index >= 15 is 0 Å². The second-order valence-electron chi connectivity index (χ2n) is 4.20. The van der Waals surface area contributed by atoms with Crippen LogP contribution in [-0.4, -0.2) is 15.2 Å². The lowest BCUT2D eigenvalue weighted by molar-refractivity contribution is 0.353. The Labute approximate surface area is 85.0 Å². The number of nitrogens with zero attached hydrogens (tertiary/aromatic N) is 3. The van der Waals surface area contributed by atoms with Gasteiger partial charge in [0.2, 0.25) is 0 Å². The quantitative estimate of drug-likeness (QED) is 0.720. The second kappa shape index (κ2) is 4.49. The molecule has 1 saturated carbocycles. The maximum atomic E-state index is 4.39. The summed E-state index contributed by atoms with van der Waals surface area (Å²) in [5.74, 6) is 1.62. The van der Waals surface area contributed by atoms with Gasteiger partial charge in [-0.05, 0) is 19.3 Å². The van der Waals surface area contributed by atoms with Gasteiger partial charge in [0.25, 0.3) is 0 Å². The molecule has 1 aromatic rings. The number of aromatic nitrogens is 3. The van der Waals surface area contributed by atoms with Gasteiger partial charge in [0, 0.05) is 0 Å². The van der Waals surface area contributed by atoms with E-state index in [2.05, 4.69) is 15.2 Å². The number of aryl methyl sites for hydroxylation is 1. The summed E-state index contributed by atoms with van der Waals surface area (Å²) in [6.45, 7) is 1.90. The molecule has 0 bridgehead atoms. The second-order valence-corrected chi connectivity index (χ2v) is 4.20. The molecule has 1 aromatic heterocycles. The van der Waals surface area contributed by atoms with E-state index in [-0.39, 0.29) is 0 Å². The van der Waals surface area contributed by atoms with E-state index in [1.807, 2.05) is 13.1 Å². The summed E-state index contributed by atoms with van der Waals surface area (Å²) in [5.41, 5.74) is 1.12. The van der Waals surface area contributed by atoms with E-state index in [4.69, 9.17) is 0 Å². The summed E-state index contributed by atoms with van der Waals surface area (Å²) in [4.78, 5) is 4.39. The first-order valence-corrected chi connectivity index (χ1v) is 5.50. The number of rotatable bonds is 2. The first-order valence-electron chi connectivity index (χ1n) is 5.50. The third kappa shape index (κ3) is 2.50. The highest BCUT2D eigenvalue weighted by Crippen LogP contribution is 2.25. The summed E-state index contributed by atoms with van der Waals surface area (Å²) in [7, 11) is 0. The van der Waals surface area contributed by atoms with Crippen LogP contribution < -0.4 is 0 Å². The zero-order valence-corrected chi connectivity index (χ0v) is 8.74.